The van der Waals surface area contributed by atoms with E-state index in [1.807, 2.05) is 12.2 Å². The molecule has 2 bridgehead atoms. The van der Waals surface area contributed by atoms with E-state index in [0.29, 0.717) is 0 Å². The largest absolute Gasteiger partial charge is 0.464 e. The van der Waals surface area contributed by atoms with Crippen molar-refractivity contribution in [2.75, 3.05) is 19.8 Å². The molecule has 2 saturated heterocycles. The Balaban J connectivity index is 1.33. The van der Waals surface area contributed by atoms with Crippen LogP contribution in [0.15, 0.2) is 12.2 Å². The van der Waals surface area contributed by atoms with Gasteiger partial charge in [0.2, 0.25) is 11.8 Å². The van der Waals surface area contributed by atoms with E-state index in [1.54, 1.807) is 0 Å². The lowest BCUT2D eigenvalue weighted by molar-refractivity contribution is -0.151. The summed E-state index contributed by atoms with van der Waals surface area (Å²) in [5.74, 6) is 0.215. The second kappa shape index (κ2) is 8.51. The molecule has 9 heteroatoms. The minimum absolute atomic E-state index is 0.00652. The second-order valence-corrected chi connectivity index (χ2v) is 13.0. The zero-order valence-electron chi connectivity index (χ0n) is 16.8. The second-order valence-electron chi connectivity index (χ2n) is 8.26. The molecule has 0 aromatic rings. The third kappa shape index (κ3) is 4.94. The van der Waals surface area contributed by atoms with Crippen LogP contribution in [0.3, 0.4) is 0 Å². The first-order valence-electron chi connectivity index (χ1n) is 9.67. The molecule has 3 rings (SSSR count). The van der Waals surface area contributed by atoms with E-state index in [2.05, 4.69) is 31.1 Å². The smallest absolute Gasteiger partial charge is 0.307 e. The van der Waals surface area contributed by atoms with Gasteiger partial charge in [0.05, 0.1) is 43.4 Å². The highest BCUT2D eigenvalue weighted by Gasteiger charge is 2.60. The van der Waals surface area contributed by atoms with Crippen LogP contribution in [0.2, 0.25) is 19.6 Å². The fraction of sp³-hybridized carbons (Fsp3) is 0.600. The summed E-state index contributed by atoms with van der Waals surface area (Å²) in [4.78, 5) is 49.4. The van der Waals surface area contributed by atoms with Gasteiger partial charge in [0.1, 0.15) is 14.7 Å². The summed E-state index contributed by atoms with van der Waals surface area (Å²) in [7, 11) is -1.50. The summed E-state index contributed by atoms with van der Waals surface area (Å²) in [5.41, 5.74) is 3.08. The predicted molar refractivity (Wildman–Crippen MR) is 104 cm³/mol. The maximum absolute atomic E-state index is 12.4. The molecule has 3 aliphatic heterocycles. The van der Waals surface area contributed by atoms with Crippen molar-refractivity contribution in [3.63, 3.8) is 0 Å². The van der Waals surface area contributed by atoms with Crippen molar-refractivity contribution in [2.45, 2.75) is 44.7 Å². The van der Waals surface area contributed by atoms with Crippen molar-refractivity contribution in [3.05, 3.63) is 12.2 Å². The van der Waals surface area contributed by atoms with Crippen LogP contribution in [0.25, 0.3) is 0 Å². The first-order chi connectivity index (χ1) is 13.7. The maximum atomic E-state index is 12.4. The number of carbonyl (C=O) groups is 4. The molecular formula is C20H25NO7Si. The first-order valence-corrected chi connectivity index (χ1v) is 13.2. The van der Waals surface area contributed by atoms with Crippen molar-refractivity contribution >= 4 is 31.8 Å². The Morgan fingerprint density at radius 3 is 2.14 bits per heavy atom. The molecule has 3 heterocycles. The van der Waals surface area contributed by atoms with Crippen LogP contribution in [-0.4, -0.2) is 68.7 Å². The van der Waals surface area contributed by atoms with E-state index in [4.69, 9.17) is 14.2 Å². The summed E-state index contributed by atoms with van der Waals surface area (Å²) in [5, 5.41) is 0. The van der Waals surface area contributed by atoms with Gasteiger partial charge < -0.3 is 14.2 Å². The molecule has 0 saturated carbocycles. The van der Waals surface area contributed by atoms with Gasteiger partial charge in [-0.15, -0.1) is 5.54 Å². The lowest BCUT2D eigenvalue weighted by Gasteiger charge is -2.17. The Bertz CT molecular complexity index is 774. The average Bonchev–Trinajstić information content (AvgIpc) is 3.32. The van der Waals surface area contributed by atoms with Crippen molar-refractivity contribution < 1.29 is 33.4 Å². The molecule has 0 aliphatic carbocycles. The Labute approximate surface area is 170 Å². The van der Waals surface area contributed by atoms with E-state index in [1.165, 1.54) is 0 Å². The monoisotopic (exact) mass is 419 g/mol. The van der Waals surface area contributed by atoms with Crippen LogP contribution >= 0.6 is 0 Å². The number of imide groups is 1. The number of esters is 2. The van der Waals surface area contributed by atoms with Gasteiger partial charge in [-0.05, 0) is 0 Å². The molecule has 4 atom stereocenters. The Morgan fingerprint density at radius 2 is 1.59 bits per heavy atom. The quantitative estimate of drug-likeness (QED) is 0.197. The van der Waals surface area contributed by atoms with Gasteiger partial charge in [-0.3, -0.25) is 24.1 Å². The molecule has 0 spiro atoms. The van der Waals surface area contributed by atoms with E-state index in [-0.39, 0.29) is 56.6 Å². The molecular weight excluding hydrogens is 394 g/mol. The van der Waals surface area contributed by atoms with E-state index < -0.39 is 31.8 Å². The van der Waals surface area contributed by atoms with Gasteiger partial charge >= 0.3 is 11.9 Å². The number of hydrogen-bond donors (Lipinski definition) is 0. The Hall–Kier alpha value is -2.44. The zero-order chi connectivity index (χ0) is 21.2. The number of likely N-dealkylation sites (tertiary alicyclic amines) is 1. The van der Waals surface area contributed by atoms with Crippen LogP contribution in [0.5, 0.6) is 0 Å². The Kier molecular flexibility index (Phi) is 6.24. The molecule has 4 unspecified atom stereocenters. The molecule has 0 N–H and O–H groups in total. The fourth-order valence-electron chi connectivity index (χ4n) is 3.60. The SMILES string of the molecule is C[Si](C)(C)C#CCOC(=O)CCC(=O)OCCN1C(=O)C2C3C=CC(O3)C2C1=O. The number of ether oxygens (including phenoxy) is 3. The molecule has 2 fully saturated rings. The number of carbonyl (C=O) groups excluding carboxylic acids is 4. The molecule has 2 amide bonds. The van der Waals surface area contributed by atoms with Gasteiger partial charge in [0.15, 0.2) is 6.61 Å². The molecule has 156 valence electrons. The summed E-state index contributed by atoms with van der Waals surface area (Å²) in [6, 6.07) is 0. The number of nitrogens with zero attached hydrogens (tertiary/aromatic N) is 1. The first kappa shape index (κ1) is 21.3. The lowest BCUT2D eigenvalue weighted by Crippen LogP contribution is -2.37. The van der Waals surface area contributed by atoms with Crippen LogP contribution in [0, 0.1) is 23.3 Å². The van der Waals surface area contributed by atoms with E-state index in [9.17, 15) is 19.2 Å². The molecule has 3 aliphatic rings. The minimum Gasteiger partial charge on any atom is -0.464 e. The van der Waals surface area contributed by atoms with Crippen LogP contribution in [0.4, 0.5) is 0 Å². The van der Waals surface area contributed by atoms with Gasteiger partial charge in [-0.2, -0.15) is 0 Å². The van der Waals surface area contributed by atoms with Crippen LogP contribution in [0.1, 0.15) is 12.8 Å². The average molecular weight is 420 g/mol. The lowest BCUT2D eigenvalue weighted by atomic mass is 9.85. The molecule has 0 radical (unpaired) electrons. The fourth-order valence-corrected chi connectivity index (χ4v) is 4.21. The number of rotatable bonds is 7. The van der Waals surface area contributed by atoms with Crippen LogP contribution in [-0.2, 0) is 33.4 Å². The van der Waals surface area contributed by atoms with Crippen molar-refractivity contribution in [1.82, 2.24) is 4.90 Å². The van der Waals surface area contributed by atoms with Gasteiger partial charge in [0.25, 0.3) is 0 Å². The summed E-state index contributed by atoms with van der Waals surface area (Å²) in [6.07, 6.45) is 2.72. The van der Waals surface area contributed by atoms with Gasteiger partial charge in [-0.1, -0.05) is 37.7 Å². The number of amides is 2. The van der Waals surface area contributed by atoms with Crippen molar-refractivity contribution in [3.8, 4) is 11.5 Å². The highest BCUT2D eigenvalue weighted by atomic mass is 28.3. The number of hydrogen-bond acceptors (Lipinski definition) is 7. The highest BCUT2D eigenvalue weighted by molar-refractivity contribution is 6.83. The molecule has 8 nitrogen and oxygen atoms in total. The third-order valence-electron chi connectivity index (χ3n) is 4.88. The number of fused-ring (bicyclic) bond motifs is 5. The maximum Gasteiger partial charge on any atom is 0.307 e. The van der Waals surface area contributed by atoms with E-state index in [0.717, 1.165) is 4.90 Å². The van der Waals surface area contributed by atoms with Crippen LogP contribution < -0.4 is 0 Å². The molecule has 0 aromatic carbocycles. The standard InChI is InChI=1S/C20H25NO7Si/c1-29(2,3)12-4-10-26-15(22)7-8-16(23)27-11-9-21-19(24)17-13-5-6-14(28-13)18(17)20(21)25/h5-6,13-14,17-18H,7-11H2,1-3H3. The Morgan fingerprint density at radius 1 is 1.03 bits per heavy atom. The van der Waals surface area contributed by atoms with Gasteiger partial charge in [0, 0.05) is 0 Å². The predicted octanol–water partition coefficient (Wildman–Crippen LogP) is 0.672. The molecule has 0 aromatic heterocycles. The minimum atomic E-state index is -1.50. The summed E-state index contributed by atoms with van der Waals surface area (Å²) >= 11 is 0. The normalized spacial score (nSPS) is 26.9. The topological polar surface area (TPSA) is 99.2 Å². The molecule has 29 heavy (non-hydrogen) atoms. The summed E-state index contributed by atoms with van der Waals surface area (Å²) in [6.45, 7) is 6.18. The highest BCUT2D eigenvalue weighted by Crippen LogP contribution is 2.44. The van der Waals surface area contributed by atoms with E-state index >= 15 is 0 Å². The van der Waals surface area contributed by atoms with Crippen molar-refractivity contribution in [1.29, 1.82) is 0 Å². The van der Waals surface area contributed by atoms with Crippen molar-refractivity contribution in [2.24, 2.45) is 11.8 Å². The third-order valence-corrected chi connectivity index (χ3v) is 5.81. The summed E-state index contributed by atoms with van der Waals surface area (Å²) < 4.78 is 15.6. The zero-order valence-corrected chi connectivity index (χ0v) is 17.8. The van der Waals surface area contributed by atoms with Gasteiger partial charge in [-0.25, -0.2) is 0 Å².